The normalized spacial score (nSPS) is 17.9. The molecule has 21 heavy (non-hydrogen) atoms. The van der Waals surface area contributed by atoms with E-state index in [4.69, 9.17) is 11.6 Å². The van der Waals surface area contributed by atoms with Crippen LogP contribution in [0, 0.1) is 0 Å². The number of benzene rings is 1. The van der Waals surface area contributed by atoms with E-state index in [1.54, 1.807) is 6.92 Å². The van der Waals surface area contributed by atoms with Crippen molar-refractivity contribution in [2.75, 3.05) is 24.0 Å². The molecule has 1 aliphatic heterocycles. The van der Waals surface area contributed by atoms with Crippen molar-refractivity contribution in [1.82, 2.24) is 0 Å². The number of sulfone groups is 2. The number of hydrogen-bond donors (Lipinski definition) is 0. The van der Waals surface area contributed by atoms with Crippen molar-refractivity contribution in [3.8, 4) is 0 Å². The molecule has 1 heterocycles. The highest BCUT2D eigenvalue weighted by atomic mass is 35.5. The van der Waals surface area contributed by atoms with E-state index in [9.17, 15) is 21.6 Å². The van der Waals surface area contributed by atoms with Crippen LogP contribution in [0.2, 0.25) is 5.02 Å². The average molecular weight is 352 g/mol. The lowest BCUT2D eigenvalue weighted by Crippen LogP contribution is -2.50. The van der Waals surface area contributed by atoms with Gasteiger partial charge in [-0.15, -0.1) is 0 Å². The summed E-state index contributed by atoms with van der Waals surface area (Å²) in [5, 5.41) is 0.163. The molecule has 0 saturated heterocycles. The van der Waals surface area contributed by atoms with Crippen LogP contribution in [0.1, 0.15) is 12.5 Å². The number of fused-ring (bicyclic) bond motifs is 1. The zero-order valence-corrected chi connectivity index (χ0v) is 14.0. The fourth-order valence-electron chi connectivity index (χ4n) is 2.72. The lowest BCUT2D eigenvalue weighted by Gasteiger charge is -2.24. The van der Waals surface area contributed by atoms with Crippen molar-refractivity contribution in [1.29, 1.82) is 0 Å². The molecule has 0 fully saturated rings. The summed E-state index contributed by atoms with van der Waals surface area (Å²) >= 11 is 5.87. The molecule has 1 aromatic rings. The fraction of sp³-hybridized carbons (Fsp3) is 0.417. The van der Waals surface area contributed by atoms with Gasteiger partial charge >= 0.3 is 0 Å². The zero-order chi connectivity index (χ0) is 16.2. The third-order valence-corrected chi connectivity index (χ3v) is 8.42. The molecule has 0 N–H and O–H groups in total. The molecule has 0 unspecified atom stereocenters. The van der Waals surface area contributed by atoms with E-state index in [0.717, 1.165) is 17.4 Å². The van der Waals surface area contributed by atoms with Crippen LogP contribution in [-0.2, 0) is 28.5 Å². The van der Waals surface area contributed by atoms with Crippen LogP contribution < -0.4 is 4.90 Å². The van der Waals surface area contributed by atoms with E-state index >= 15 is 0 Å². The molecule has 6 nitrogen and oxygen atoms in total. The summed E-state index contributed by atoms with van der Waals surface area (Å²) in [5.41, 5.74) is 0.148. The lowest BCUT2D eigenvalue weighted by molar-refractivity contribution is -0.118. The van der Waals surface area contributed by atoms with Crippen molar-refractivity contribution in [3.05, 3.63) is 28.8 Å². The number of nitrogens with zero attached hydrogens (tertiary/aromatic N) is 1. The molecule has 0 atom stereocenters. The standard InChI is InChI=1S/C12H14ClNO5S2/c1-4-14-10-6-5-8(13)7-9(10)12(11(14)15,20(2,16)17)21(3,18)19/h5-7H,4H2,1-3H3. The Balaban J connectivity index is 3.05. The summed E-state index contributed by atoms with van der Waals surface area (Å²) in [6.45, 7) is 1.79. The smallest absolute Gasteiger partial charge is 0.277 e. The Labute approximate surface area is 128 Å². The zero-order valence-electron chi connectivity index (χ0n) is 11.6. The second-order valence-electron chi connectivity index (χ2n) is 4.87. The van der Waals surface area contributed by atoms with Crippen LogP contribution in [-0.4, -0.2) is 41.8 Å². The Morgan fingerprint density at radius 2 is 1.67 bits per heavy atom. The maximum absolute atomic E-state index is 12.6. The molecular formula is C12H14ClNO5S2. The quantitative estimate of drug-likeness (QED) is 0.808. The van der Waals surface area contributed by atoms with E-state index in [2.05, 4.69) is 0 Å². The van der Waals surface area contributed by atoms with Gasteiger partial charge in [-0.1, -0.05) is 11.6 Å². The Morgan fingerprint density at radius 3 is 2.10 bits per heavy atom. The molecule has 0 saturated carbocycles. The fourth-order valence-corrected chi connectivity index (χ4v) is 7.07. The van der Waals surface area contributed by atoms with Gasteiger partial charge in [0.1, 0.15) is 0 Å². The number of amides is 1. The molecule has 116 valence electrons. The largest absolute Gasteiger partial charge is 0.310 e. The molecule has 0 spiro atoms. The molecule has 0 aromatic heterocycles. The molecule has 0 aliphatic carbocycles. The molecule has 2 rings (SSSR count). The Bertz CT molecular complexity index is 797. The summed E-state index contributed by atoms with van der Waals surface area (Å²) < 4.78 is 46.5. The topological polar surface area (TPSA) is 88.6 Å². The maximum Gasteiger partial charge on any atom is 0.277 e. The highest BCUT2D eigenvalue weighted by Gasteiger charge is 2.65. The van der Waals surface area contributed by atoms with Gasteiger partial charge in [-0.3, -0.25) is 4.79 Å². The first kappa shape index (κ1) is 16.3. The third-order valence-electron chi connectivity index (χ3n) is 3.49. The van der Waals surface area contributed by atoms with Crippen LogP contribution in [0.4, 0.5) is 5.69 Å². The van der Waals surface area contributed by atoms with Crippen LogP contribution in [0.3, 0.4) is 0 Å². The monoisotopic (exact) mass is 351 g/mol. The van der Waals surface area contributed by atoms with Crippen LogP contribution in [0.25, 0.3) is 0 Å². The van der Waals surface area contributed by atoms with E-state index in [1.807, 2.05) is 0 Å². The summed E-state index contributed by atoms with van der Waals surface area (Å²) in [5.74, 6) is -0.979. The first-order valence-corrected chi connectivity index (χ1v) is 10.2. The number of carbonyl (C=O) groups excluding carboxylic acids is 1. The predicted molar refractivity (Wildman–Crippen MR) is 80.8 cm³/mol. The predicted octanol–water partition coefficient (Wildman–Crippen LogP) is 0.949. The Hall–Kier alpha value is -1.12. The number of halogens is 1. The lowest BCUT2D eigenvalue weighted by atomic mass is 10.1. The summed E-state index contributed by atoms with van der Waals surface area (Å²) in [4.78, 5) is 13.8. The van der Waals surface area contributed by atoms with Crippen molar-refractivity contribution in [3.63, 3.8) is 0 Å². The SMILES string of the molecule is CCN1C(=O)C(S(C)(=O)=O)(S(C)(=O)=O)c2cc(Cl)ccc21. The van der Waals surface area contributed by atoms with Crippen molar-refractivity contribution in [2.45, 2.75) is 11.0 Å². The average Bonchev–Trinajstić information content (AvgIpc) is 2.55. The van der Waals surface area contributed by atoms with Gasteiger partial charge in [-0.25, -0.2) is 16.8 Å². The highest BCUT2D eigenvalue weighted by molar-refractivity contribution is 8.10. The molecule has 1 aliphatic rings. The van der Waals surface area contributed by atoms with E-state index in [1.165, 1.54) is 18.2 Å². The van der Waals surface area contributed by atoms with Crippen molar-refractivity contribution >= 4 is 42.9 Å². The summed E-state index contributed by atoms with van der Waals surface area (Å²) in [7, 11) is -8.56. The van der Waals surface area contributed by atoms with Gasteiger partial charge in [0.2, 0.25) is 0 Å². The highest BCUT2D eigenvalue weighted by Crippen LogP contribution is 2.49. The first-order valence-electron chi connectivity index (χ1n) is 5.99. The van der Waals surface area contributed by atoms with E-state index in [0.29, 0.717) is 0 Å². The van der Waals surface area contributed by atoms with Gasteiger partial charge in [-0.05, 0) is 25.1 Å². The van der Waals surface area contributed by atoms with Gasteiger partial charge < -0.3 is 4.90 Å². The van der Waals surface area contributed by atoms with Crippen LogP contribution in [0.5, 0.6) is 0 Å². The first-order chi connectivity index (χ1) is 9.48. The minimum Gasteiger partial charge on any atom is -0.310 e. The molecule has 0 bridgehead atoms. The van der Waals surface area contributed by atoms with Gasteiger partial charge in [0.25, 0.3) is 9.99 Å². The molecular weight excluding hydrogens is 338 g/mol. The second-order valence-corrected chi connectivity index (χ2v) is 9.88. The number of hydrogen-bond acceptors (Lipinski definition) is 5. The summed E-state index contributed by atoms with van der Waals surface area (Å²) in [6, 6.07) is 4.17. The minimum atomic E-state index is -4.28. The molecule has 1 aromatic carbocycles. The van der Waals surface area contributed by atoms with Gasteiger partial charge in [0.15, 0.2) is 19.7 Å². The summed E-state index contributed by atoms with van der Waals surface area (Å²) in [6.07, 6.45) is 1.49. The van der Waals surface area contributed by atoms with Gasteiger partial charge in [-0.2, -0.15) is 0 Å². The number of rotatable bonds is 3. The number of anilines is 1. The van der Waals surface area contributed by atoms with Crippen LogP contribution in [0.15, 0.2) is 18.2 Å². The second kappa shape index (κ2) is 4.69. The Kier molecular flexibility index (Phi) is 3.63. The van der Waals surface area contributed by atoms with Gasteiger partial charge in [0, 0.05) is 29.6 Å². The van der Waals surface area contributed by atoms with Gasteiger partial charge in [0.05, 0.1) is 5.69 Å². The van der Waals surface area contributed by atoms with Crippen molar-refractivity contribution in [2.24, 2.45) is 0 Å². The third kappa shape index (κ3) is 2.00. The number of carbonyl (C=O) groups is 1. The van der Waals surface area contributed by atoms with E-state index in [-0.39, 0.29) is 22.8 Å². The van der Waals surface area contributed by atoms with E-state index < -0.39 is 29.7 Å². The maximum atomic E-state index is 12.6. The number of likely N-dealkylation sites (N-methyl/N-ethyl adjacent to an activating group) is 1. The molecule has 1 amide bonds. The Morgan fingerprint density at radius 1 is 1.14 bits per heavy atom. The molecule has 0 radical (unpaired) electrons. The van der Waals surface area contributed by atoms with Crippen LogP contribution >= 0.6 is 11.6 Å². The molecule has 9 heteroatoms. The van der Waals surface area contributed by atoms with Crippen molar-refractivity contribution < 1.29 is 21.6 Å². The minimum absolute atomic E-state index is 0.105.